The van der Waals surface area contributed by atoms with E-state index in [0.29, 0.717) is 12.8 Å². The van der Waals surface area contributed by atoms with Gasteiger partial charge in [-0.25, -0.2) is 13.1 Å². The fourth-order valence-electron chi connectivity index (χ4n) is 2.26. The molecular formula is C14H28N2O2S. The number of nitrogens with zero attached hydrogens (tertiary/aromatic N) is 1. The Morgan fingerprint density at radius 2 is 1.58 bits per heavy atom. The molecule has 0 bridgehead atoms. The minimum Gasteiger partial charge on any atom is -0.217 e. The first-order chi connectivity index (χ1) is 8.99. The third-order valence-corrected chi connectivity index (χ3v) is 5.89. The quantitative estimate of drug-likeness (QED) is 0.593. The van der Waals surface area contributed by atoms with Crippen molar-refractivity contribution < 1.29 is 8.42 Å². The van der Waals surface area contributed by atoms with Gasteiger partial charge in [-0.15, -0.1) is 0 Å². The largest absolute Gasteiger partial charge is 0.230 e. The molecule has 1 N–H and O–H groups in total. The maximum Gasteiger partial charge on any atom is 0.230 e. The molecule has 0 heterocycles. The van der Waals surface area contributed by atoms with E-state index in [1.807, 2.05) is 6.07 Å². The molecule has 0 aliphatic rings. The molecule has 5 heteroatoms. The number of hydrogen-bond donors (Lipinski definition) is 1. The Morgan fingerprint density at radius 1 is 1.05 bits per heavy atom. The Kier molecular flexibility index (Phi) is 9.03. The van der Waals surface area contributed by atoms with Crippen molar-refractivity contribution in [2.45, 2.75) is 76.4 Å². The Hall–Kier alpha value is -0.600. The van der Waals surface area contributed by atoms with E-state index in [4.69, 9.17) is 0 Å². The van der Waals surface area contributed by atoms with Crippen molar-refractivity contribution in [2.24, 2.45) is 0 Å². The third kappa shape index (κ3) is 5.50. The van der Waals surface area contributed by atoms with Crippen LogP contribution in [0.25, 0.3) is 0 Å². The molecule has 0 aromatic rings. The highest BCUT2D eigenvalue weighted by Crippen LogP contribution is 2.27. The molecule has 0 saturated heterocycles. The van der Waals surface area contributed by atoms with Gasteiger partial charge >= 0.3 is 0 Å². The van der Waals surface area contributed by atoms with Gasteiger partial charge < -0.3 is 0 Å². The molecule has 4 nitrogen and oxygen atoms in total. The topological polar surface area (TPSA) is 70.0 Å². The molecule has 0 radical (unpaired) electrons. The van der Waals surface area contributed by atoms with Crippen LogP contribution in [-0.4, -0.2) is 20.2 Å². The van der Waals surface area contributed by atoms with Crippen LogP contribution in [0.5, 0.6) is 0 Å². The van der Waals surface area contributed by atoms with Crippen molar-refractivity contribution in [3.8, 4) is 6.07 Å². The summed E-state index contributed by atoms with van der Waals surface area (Å²) >= 11 is 0. The Bertz CT molecular complexity index is 373. The van der Waals surface area contributed by atoms with Crippen molar-refractivity contribution in [3.05, 3.63) is 0 Å². The monoisotopic (exact) mass is 288 g/mol. The highest BCUT2D eigenvalue weighted by molar-refractivity contribution is 7.91. The fraction of sp³-hybridized carbons (Fsp3) is 0.929. The first-order valence-corrected chi connectivity index (χ1v) is 8.82. The van der Waals surface area contributed by atoms with Gasteiger partial charge in [0.1, 0.15) is 0 Å². The molecule has 112 valence electrons. The molecule has 19 heavy (non-hydrogen) atoms. The van der Waals surface area contributed by atoms with E-state index in [0.717, 1.165) is 19.3 Å². The van der Waals surface area contributed by atoms with Gasteiger partial charge in [-0.05, 0) is 19.9 Å². The number of sulfonamides is 1. The van der Waals surface area contributed by atoms with Crippen LogP contribution in [0.3, 0.4) is 0 Å². The van der Waals surface area contributed by atoms with Crippen molar-refractivity contribution in [1.29, 1.82) is 5.26 Å². The zero-order valence-electron chi connectivity index (χ0n) is 12.5. The zero-order valence-corrected chi connectivity index (χ0v) is 13.4. The lowest BCUT2D eigenvalue weighted by Crippen LogP contribution is -2.43. The number of nitrogens with one attached hydrogen (secondary N) is 1. The second-order valence-electron chi connectivity index (χ2n) is 5.04. The molecule has 0 fully saturated rings. The van der Waals surface area contributed by atoms with E-state index < -0.39 is 14.8 Å². The average molecular weight is 288 g/mol. The van der Waals surface area contributed by atoms with E-state index in [-0.39, 0.29) is 0 Å². The summed E-state index contributed by atoms with van der Waals surface area (Å²) in [6.07, 6.45) is 8.66. The van der Waals surface area contributed by atoms with Crippen molar-refractivity contribution in [1.82, 2.24) is 4.72 Å². The molecule has 1 atom stereocenters. The van der Waals surface area contributed by atoms with Crippen LogP contribution in [0.4, 0.5) is 0 Å². The maximum atomic E-state index is 12.0. The summed E-state index contributed by atoms with van der Waals surface area (Å²) < 4.78 is 25.0. The minimum atomic E-state index is -3.53. The standard InChI is InChI=1S/C14H28N2O2S/c1-4-6-7-8-9-10-11-12-14(5-2,13-15)19(17,18)16-3/h16H,4-12H2,1-3H3. The SMILES string of the molecule is CCCCCCCCCC(C#N)(CC)S(=O)(=O)NC. The second kappa shape index (κ2) is 9.33. The summed E-state index contributed by atoms with van der Waals surface area (Å²) in [6.45, 7) is 3.95. The van der Waals surface area contributed by atoms with E-state index >= 15 is 0 Å². The molecule has 0 saturated carbocycles. The number of hydrogen-bond acceptors (Lipinski definition) is 3. The van der Waals surface area contributed by atoms with Crippen LogP contribution < -0.4 is 4.72 Å². The summed E-state index contributed by atoms with van der Waals surface area (Å²) in [5.74, 6) is 0. The van der Waals surface area contributed by atoms with Gasteiger partial charge in [0.25, 0.3) is 0 Å². The smallest absolute Gasteiger partial charge is 0.217 e. The van der Waals surface area contributed by atoms with Crippen LogP contribution in [0.2, 0.25) is 0 Å². The van der Waals surface area contributed by atoms with Crippen LogP contribution in [-0.2, 0) is 10.0 Å². The summed E-state index contributed by atoms with van der Waals surface area (Å²) in [7, 11) is -2.16. The summed E-state index contributed by atoms with van der Waals surface area (Å²) in [4.78, 5) is 0. The van der Waals surface area contributed by atoms with Crippen molar-refractivity contribution in [3.63, 3.8) is 0 Å². The number of rotatable bonds is 11. The Balaban J connectivity index is 4.22. The van der Waals surface area contributed by atoms with Crippen molar-refractivity contribution >= 4 is 10.0 Å². The van der Waals surface area contributed by atoms with Crippen LogP contribution in [0, 0.1) is 11.3 Å². The summed E-state index contributed by atoms with van der Waals surface area (Å²) in [6, 6.07) is 2.02. The lowest BCUT2D eigenvalue weighted by Gasteiger charge is -2.24. The molecule has 0 rings (SSSR count). The lowest BCUT2D eigenvalue weighted by atomic mass is 9.98. The van der Waals surface area contributed by atoms with E-state index in [2.05, 4.69) is 11.6 Å². The highest BCUT2D eigenvalue weighted by atomic mass is 32.2. The third-order valence-electron chi connectivity index (χ3n) is 3.74. The minimum absolute atomic E-state index is 0.336. The first-order valence-electron chi connectivity index (χ1n) is 7.34. The molecule has 1 unspecified atom stereocenters. The first kappa shape index (κ1) is 18.4. The maximum absolute atomic E-state index is 12.0. The van der Waals surface area contributed by atoms with Gasteiger partial charge in [-0.1, -0.05) is 58.8 Å². The predicted molar refractivity (Wildman–Crippen MR) is 79.2 cm³/mol. The van der Waals surface area contributed by atoms with Crippen LogP contribution in [0.1, 0.15) is 71.6 Å². The van der Waals surface area contributed by atoms with Gasteiger partial charge in [0.05, 0.1) is 6.07 Å². The molecule has 0 aliphatic heterocycles. The van der Waals surface area contributed by atoms with Crippen molar-refractivity contribution in [2.75, 3.05) is 7.05 Å². The predicted octanol–water partition coefficient (Wildman–Crippen LogP) is 3.35. The zero-order chi connectivity index (χ0) is 14.8. The fourth-order valence-corrected chi connectivity index (χ4v) is 3.56. The van der Waals surface area contributed by atoms with Gasteiger partial charge in [0.2, 0.25) is 10.0 Å². The summed E-state index contributed by atoms with van der Waals surface area (Å²) in [5, 5.41) is 9.25. The number of unbranched alkanes of at least 4 members (excludes halogenated alkanes) is 6. The van der Waals surface area contributed by atoms with Crippen LogP contribution in [0.15, 0.2) is 0 Å². The summed E-state index contributed by atoms with van der Waals surface area (Å²) in [5.41, 5.74) is 0. The van der Waals surface area contributed by atoms with Gasteiger partial charge in [0.15, 0.2) is 4.75 Å². The molecular weight excluding hydrogens is 260 g/mol. The molecule has 0 aromatic heterocycles. The van der Waals surface area contributed by atoms with Gasteiger partial charge in [-0.2, -0.15) is 5.26 Å². The molecule has 0 amide bonds. The Labute approximate surface area is 118 Å². The second-order valence-corrected chi connectivity index (χ2v) is 7.24. The molecule has 0 aromatic carbocycles. The van der Waals surface area contributed by atoms with E-state index in [1.165, 1.54) is 32.7 Å². The van der Waals surface area contributed by atoms with E-state index in [1.54, 1.807) is 6.92 Å². The average Bonchev–Trinajstić information content (AvgIpc) is 2.42. The normalized spacial score (nSPS) is 14.8. The molecule has 0 spiro atoms. The van der Waals surface area contributed by atoms with E-state index in [9.17, 15) is 13.7 Å². The Morgan fingerprint density at radius 3 is 2.00 bits per heavy atom. The van der Waals surface area contributed by atoms with Gasteiger partial charge in [-0.3, -0.25) is 0 Å². The van der Waals surface area contributed by atoms with Crippen LogP contribution >= 0.6 is 0 Å². The highest BCUT2D eigenvalue weighted by Gasteiger charge is 2.41. The number of nitriles is 1. The van der Waals surface area contributed by atoms with Gasteiger partial charge in [0, 0.05) is 0 Å². The molecule has 0 aliphatic carbocycles. The lowest BCUT2D eigenvalue weighted by molar-refractivity contribution is 0.493.